The lowest BCUT2D eigenvalue weighted by atomic mass is 9.97. The van der Waals surface area contributed by atoms with Crippen LogP contribution in [-0.2, 0) is 24.2 Å². The van der Waals surface area contributed by atoms with Crippen LogP contribution >= 0.6 is 11.6 Å². The van der Waals surface area contributed by atoms with E-state index in [1.807, 2.05) is 24.3 Å². The van der Waals surface area contributed by atoms with E-state index in [9.17, 15) is 0 Å². The van der Waals surface area contributed by atoms with Gasteiger partial charge in [-0.1, -0.05) is 35.9 Å². The third-order valence-electron chi connectivity index (χ3n) is 3.66. The lowest BCUT2D eigenvalue weighted by Gasteiger charge is -2.16. The minimum atomic E-state index is 0.616. The van der Waals surface area contributed by atoms with Crippen molar-refractivity contribution in [3.05, 3.63) is 46.2 Å². The molecule has 2 aromatic rings. The molecule has 0 radical (unpaired) electrons. The summed E-state index contributed by atoms with van der Waals surface area (Å²) in [5.74, 6) is 0.722. The maximum Gasteiger partial charge on any atom is 0.161 e. The van der Waals surface area contributed by atoms with Gasteiger partial charge in [-0.2, -0.15) is 0 Å². The molecular weight excluding hydrogens is 272 g/mol. The summed E-state index contributed by atoms with van der Waals surface area (Å²) in [5, 5.41) is 0.616. The molecule has 20 heavy (non-hydrogen) atoms. The fourth-order valence-electron chi connectivity index (χ4n) is 2.59. The Morgan fingerprint density at radius 1 is 1.10 bits per heavy atom. The van der Waals surface area contributed by atoms with Crippen molar-refractivity contribution in [2.24, 2.45) is 0 Å². The van der Waals surface area contributed by atoms with Crippen molar-refractivity contribution in [2.45, 2.75) is 32.3 Å². The van der Waals surface area contributed by atoms with E-state index in [1.165, 1.54) is 12.8 Å². The second-order valence-corrected chi connectivity index (χ2v) is 5.46. The molecule has 1 aliphatic rings. The zero-order chi connectivity index (χ0) is 13.9. The summed E-state index contributed by atoms with van der Waals surface area (Å²) in [6.07, 6.45) is 4.38. The van der Waals surface area contributed by atoms with Gasteiger partial charge in [0.25, 0.3) is 0 Å². The van der Waals surface area contributed by atoms with E-state index in [0.29, 0.717) is 11.8 Å². The van der Waals surface area contributed by atoms with Crippen molar-refractivity contribution in [1.29, 1.82) is 0 Å². The Balaban J connectivity index is 1.95. The van der Waals surface area contributed by atoms with Crippen LogP contribution in [0.25, 0.3) is 11.4 Å². The highest BCUT2D eigenvalue weighted by Gasteiger charge is 2.17. The average molecular weight is 289 g/mol. The molecule has 0 saturated heterocycles. The number of hydrogen-bond acceptors (Lipinski definition) is 3. The Morgan fingerprint density at radius 2 is 1.85 bits per heavy atom. The smallest absolute Gasteiger partial charge is 0.161 e. The van der Waals surface area contributed by atoms with Crippen LogP contribution in [0.2, 0.25) is 5.15 Å². The minimum Gasteiger partial charge on any atom is -0.380 e. The van der Waals surface area contributed by atoms with Crippen LogP contribution in [-0.4, -0.2) is 17.1 Å². The summed E-state index contributed by atoms with van der Waals surface area (Å²) in [7, 11) is 1.69. The molecule has 1 aliphatic carbocycles. The first kappa shape index (κ1) is 13.5. The number of benzene rings is 1. The Morgan fingerprint density at radius 3 is 2.60 bits per heavy atom. The van der Waals surface area contributed by atoms with Crippen molar-refractivity contribution < 1.29 is 4.74 Å². The van der Waals surface area contributed by atoms with Gasteiger partial charge in [0.05, 0.1) is 6.61 Å². The molecule has 0 unspecified atom stereocenters. The summed E-state index contributed by atoms with van der Waals surface area (Å²) in [5.41, 5.74) is 4.39. The number of aromatic nitrogens is 2. The van der Waals surface area contributed by atoms with E-state index >= 15 is 0 Å². The molecule has 0 spiro atoms. The predicted octanol–water partition coefficient (Wildman–Crippen LogP) is 3.82. The molecular formula is C16H17ClN2O. The number of aryl methyl sites for hydroxylation is 1. The SMILES string of the molecule is COCc1ccc(-c2nc(Cl)c3c(n2)CCCC3)cc1. The first-order valence-corrected chi connectivity index (χ1v) is 7.29. The molecule has 104 valence electrons. The third kappa shape index (κ3) is 2.69. The highest BCUT2D eigenvalue weighted by Crippen LogP contribution is 2.28. The lowest BCUT2D eigenvalue weighted by Crippen LogP contribution is -2.08. The van der Waals surface area contributed by atoms with Gasteiger partial charge in [0.2, 0.25) is 0 Å². The first-order valence-electron chi connectivity index (χ1n) is 6.91. The molecule has 0 amide bonds. The molecule has 1 aromatic heterocycles. The quantitative estimate of drug-likeness (QED) is 0.805. The molecule has 0 saturated carbocycles. The Bertz CT molecular complexity index is 611. The van der Waals surface area contributed by atoms with Gasteiger partial charge in [0.15, 0.2) is 5.82 Å². The zero-order valence-corrected chi connectivity index (χ0v) is 12.3. The topological polar surface area (TPSA) is 35.0 Å². The first-order chi connectivity index (χ1) is 9.78. The third-order valence-corrected chi connectivity index (χ3v) is 3.97. The van der Waals surface area contributed by atoms with Crippen LogP contribution in [0, 0.1) is 0 Å². The highest BCUT2D eigenvalue weighted by molar-refractivity contribution is 6.30. The molecule has 4 heteroatoms. The van der Waals surface area contributed by atoms with Gasteiger partial charge in [0, 0.05) is 23.9 Å². The van der Waals surface area contributed by atoms with E-state index in [1.54, 1.807) is 7.11 Å². The molecule has 3 nitrogen and oxygen atoms in total. The van der Waals surface area contributed by atoms with Crippen LogP contribution in [0.4, 0.5) is 0 Å². The van der Waals surface area contributed by atoms with Crippen molar-refractivity contribution >= 4 is 11.6 Å². The fourth-order valence-corrected chi connectivity index (χ4v) is 2.88. The van der Waals surface area contributed by atoms with Crippen molar-refractivity contribution in [1.82, 2.24) is 9.97 Å². The minimum absolute atomic E-state index is 0.616. The second kappa shape index (κ2) is 5.90. The maximum atomic E-state index is 6.31. The summed E-state index contributed by atoms with van der Waals surface area (Å²) in [4.78, 5) is 9.15. The van der Waals surface area contributed by atoms with Crippen molar-refractivity contribution in [2.75, 3.05) is 7.11 Å². The predicted molar refractivity (Wildman–Crippen MR) is 79.8 cm³/mol. The van der Waals surface area contributed by atoms with Crippen LogP contribution < -0.4 is 0 Å². The lowest BCUT2D eigenvalue weighted by molar-refractivity contribution is 0.185. The van der Waals surface area contributed by atoms with E-state index in [-0.39, 0.29) is 0 Å². The number of halogens is 1. The molecule has 3 rings (SSSR count). The molecule has 0 atom stereocenters. The van der Waals surface area contributed by atoms with E-state index in [0.717, 1.165) is 41.1 Å². The van der Waals surface area contributed by atoms with E-state index in [2.05, 4.69) is 4.98 Å². The van der Waals surface area contributed by atoms with Crippen molar-refractivity contribution in [3.63, 3.8) is 0 Å². The molecule has 1 heterocycles. The van der Waals surface area contributed by atoms with Gasteiger partial charge in [-0.25, -0.2) is 9.97 Å². The van der Waals surface area contributed by atoms with Gasteiger partial charge in [-0.15, -0.1) is 0 Å². The van der Waals surface area contributed by atoms with Gasteiger partial charge in [-0.3, -0.25) is 0 Å². The monoisotopic (exact) mass is 288 g/mol. The second-order valence-electron chi connectivity index (χ2n) is 5.10. The zero-order valence-electron chi connectivity index (χ0n) is 11.5. The van der Waals surface area contributed by atoms with Crippen LogP contribution in [0.5, 0.6) is 0 Å². The summed E-state index contributed by atoms with van der Waals surface area (Å²) in [6, 6.07) is 8.12. The fraction of sp³-hybridized carbons (Fsp3) is 0.375. The van der Waals surface area contributed by atoms with Crippen LogP contribution in [0.15, 0.2) is 24.3 Å². The Labute approximate surface area is 124 Å². The number of methoxy groups -OCH3 is 1. The Kier molecular flexibility index (Phi) is 3.99. The normalized spacial score (nSPS) is 14.1. The van der Waals surface area contributed by atoms with Crippen LogP contribution in [0.1, 0.15) is 29.7 Å². The average Bonchev–Trinajstić information content (AvgIpc) is 2.48. The molecule has 0 aliphatic heterocycles. The van der Waals surface area contributed by atoms with Gasteiger partial charge >= 0.3 is 0 Å². The molecule has 1 aromatic carbocycles. The van der Waals surface area contributed by atoms with E-state index in [4.69, 9.17) is 21.3 Å². The Hall–Kier alpha value is -1.45. The molecule has 0 bridgehead atoms. The van der Waals surface area contributed by atoms with E-state index < -0.39 is 0 Å². The number of hydrogen-bond donors (Lipinski definition) is 0. The van der Waals surface area contributed by atoms with Gasteiger partial charge < -0.3 is 4.74 Å². The van der Waals surface area contributed by atoms with Crippen molar-refractivity contribution in [3.8, 4) is 11.4 Å². The number of rotatable bonds is 3. The summed E-state index contributed by atoms with van der Waals surface area (Å²) in [6.45, 7) is 0.617. The number of nitrogens with zero attached hydrogens (tertiary/aromatic N) is 2. The maximum absolute atomic E-state index is 6.31. The summed E-state index contributed by atoms with van der Waals surface area (Å²) < 4.78 is 5.11. The largest absolute Gasteiger partial charge is 0.380 e. The van der Waals surface area contributed by atoms with Gasteiger partial charge in [0.1, 0.15) is 5.15 Å². The van der Waals surface area contributed by atoms with Crippen LogP contribution in [0.3, 0.4) is 0 Å². The molecule has 0 fully saturated rings. The van der Waals surface area contributed by atoms with Gasteiger partial charge in [-0.05, 0) is 31.2 Å². The standard InChI is InChI=1S/C16H17ClN2O/c1-20-10-11-6-8-12(9-7-11)16-18-14-5-3-2-4-13(14)15(17)19-16/h6-9H,2-5,10H2,1H3. The summed E-state index contributed by atoms with van der Waals surface area (Å²) >= 11 is 6.31. The number of ether oxygens (including phenoxy) is 1. The highest BCUT2D eigenvalue weighted by atomic mass is 35.5. The number of fused-ring (bicyclic) bond motifs is 1. The molecule has 0 N–H and O–H groups in total.